The van der Waals surface area contributed by atoms with Crippen LogP contribution in [0.2, 0.25) is 0 Å². The first-order valence-electron chi connectivity index (χ1n) is 6.02. The third-order valence-corrected chi connectivity index (χ3v) is 2.58. The van der Waals surface area contributed by atoms with Crippen molar-refractivity contribution in [1.29, 1.82) is 0 Å². The predicted octanol–water partition coefficient (Wildman–Crippen LogP) is 1.79. The molecular formula is C14H17NO5. The minimum atomic E-state index is -0.703. The molecule has 1 aromatic carbocycles. The second-order valence-electron chi connectivity index (χ2n) is 4.25. The van der Waals surface area contributed by atoms with Crippen molar-refractivity contribution < 1.29 is 23.9 Å². The molecule has 0 aliphatic heterocycles. The molecule has 6 nitrogen and oxygen atoms in total. The van der Waals surface area contributed by atoms with Gasteiger partial charge < -0.3 is 14.8 Å². The van der Waals surface area contributed by atoms with E-state index in [-0.39, 0.29) is 23.0 Å². The minimum absolute atomic E-state index is 0.175. The molecule has 0 unspecified atom stereocenters. The van der Waals surface area contributed by atoms with E-state index in [1.54, 1.807) is 13.0 Å². The maximum absolute atomic E-state index is 11.6. The van der Waals surface area contributed by atoms with Crippen molar-refractivity contribution in [3.63, 3.8) is 0 Å². The molecule has 108 valence electrons. The molecule has 0 aliphatic carbocycles. The van der Waals surface area contributed by atoms with Gasteiger partial charge in [0.1, 0.15) is 11.3 Å². The Morgan fingerprint density at radius 1 is 1.20 bits per heavy atom. The number of hydrogen-bond donors (Lipinski definition) is 1. The molecule has 1 atom stereocenters. The Morgan fingerprint density at radius 2 is 1.85 bits per heavy atom. The summed E-state index contributed by atoms with van der Waals surface area (Å²) in [6.45, 7) is 4.33. The number of anilines is 1. The van der Waals surface area contributed by atoms with Gasteiger partial charge in [0.2, 0.25) is 5.91 Å². The highest BCUT2D eigenvalue weighted by atomic mass is 16.5. The third kappa shape index (κ3) is 4.08. The monoisotopic (exact) mass is 279 g/mol. The van der Waals surface area contributed by atoms with Crippen LogP contribution in [0.15, 0.2) is 18.2 Å². The first-order chi connectivity index (χ1) is 9.35. The normalized spacial score (nSPS) is 11.4. The van der Waals surface area contributed by atoms with Gasteiger partial charge in [-0.3, -0.25) is 9.59 Å². The molecule has 1 rings (SSSR count). The number of methoxy groups -OCH3 is 1. The van der Waals surface area contributed by atoms with E-state index in [0.29, 0.717) is 5.69 Å². The van der Waals surface area contributed by atoms with E-state index in [0.717, 1.165) is 0 Å². The average Bonchev–Trinajstić information content (AvgIpc) is 2.37. The molecule has 0 aliphatic rings. The van der Waals surface area contributed by atoms with Gasteiger partial charge >= 0.3 is 5.97 Å². The van der Waals surface area contributed by atoms with Gasteiger partial charge in [0.15, 0.2) is 11.9 Å². The first kappa shape index (κ1) is 15.7. The number of benzene rings is 1. The Kier molecular flexibility index (Phi) is 5.25. The second-order valence-corrected chi connectivity index (χ2v) is 4.25. The molecule has 0 radical (unpaired) electrons. The quantitative estimate of drug-likeness (QED) is 0.831. The predicted molar refractivity (Wildman–Crippen MR) is 72.9 cm³/mol. The maximum atomic E-state index is 11.6. The molecule has 0 heterocycles. The van der Waals surface area contributed by atoms with Crippen LogP contribution in [0.4, 0.5) is 5.69 Å². The lowest BCUT2D eigenvalue weighted by atomic mass is 10.1. The van der Waals surface area contributed by atoms with Gasteiger partial charge in [0.05, 0.1) is 7.11 Å². The molecule has 0 aromatic heterocycles. The van der Waals surface area contributed by atoms with Crippen LogP contribution in [0.1, 0.15) is 31.1 Å². The number of rotatable bonds is 5. The van der Waals surface area contributed by atoms with E-state index in [9.17, 15) is 14.4 Å². The van der Waals surface area contributed by atoms with Crippen LogP contribution in [0.3, 0.4) is 0 Å². The van der Waals surface area contributed by atoms with E-state index in [1.807, 2.05) is 0 Å². The van der Waals surface area contributed by atoms with Gasteiger partial charge in [0, 0.05) is 18.7 Å². The zero-order valence-corrected chi connectivity index (χ0v) is 11.9. The lowest BCUT2D eigenvalue weighted by Gasteiger charge is -2.15. The average molecular weight is 279 g/mol. The Balaban J connectivity index is 3.15. The number of carbonyl (C=O) groups excluding carboxylic acids is 3. The van der Waals surface area contributed by atoms with Gasteiger partial charge in [-0.05, 0) is 26.0 Å². The number of ether oxygens (including phenoxy) is 2. The molecule has 0 bridgehead atoms. The molecular weight excluding hydrogens is 262 g/mol. The summed E-state index contributed by atoms with van der Waals surface area (Å²) >= 11 is 0. The number of nitrogens with one attached hydrogen (secondary N) is 1. The zero-order chi connectivity index (χ0) is 15.3. The van der Waals surface area contributed by atoms with Crippen molar-refractivity contribution in [2.45, 2.75) is 26.9 Å². The van der Waals surface area contributed by atoms with Gasteiger partial charge in [-0.15, -0.1) is 0 Å². The number of hydrogen-bond acceptors (Lipinski definition) is 5. The van der Waals surface area contributed by atoms with Crippen molar-refractivity contribution in [1.82, 2.24) is 0 Å². The van der Waals surface area contributed by atoms with Crippen molar-refractivity contribution in [3.8, 4) is 5.75 Å². The molecule has 1 aromatic rings. The van der Waals surface area contributed by atoms with Crippen LogP contribution in [0, 0.1) is 0 Å². The topological polar surface area (TPSA) is 81.7 Å². The highest BCUT2D eigenvalue weighted by molar-refractivity contribution is 5.95. The van der Waals surface area contributed by atoms with Crippen LogP contribution in [0.25, 0.3) is 0 Å². The standard InChI is InChI=1S/C14H17NO5/c1-8(16)9(2)20-13-7-11(15-10(3)17)5-6-12(13)14(18)19-4/h5-7,9H,1-4H3,(H,15,17)/t9-/m1/s1. The van der Waals surface area contributed by atoms with E-state index in [4.69, 9.17) is 4.74 Å². The molecule has 0 fully saturated rings. The summed E-state index contributed by atoms with van der Waals surface area (Å²) in [4.78, 5) is 33.9. The maximum Gasteiger partial charge on any atom is 0.341 e. The molecule has 6 heteroatoms. The SMILES string of the molecule is COC(=O)c1ccc(NC(C)=O)cc1O[C@H](C)C(C)=O. The molecule has 1 N–H and O–H groups in total. The number of Topliss-reactive ketones (excluding diaryl/α,β-unsaturated/α-hetero) is 1. The molecule has 20 heavy (non-hydrogen) atoms. The summed E-state index contributed by atoms with van der Waals surface area (Å²) < 4.78 is 10.1. The Hall–Kier alpha value is -2.37. The Labute approximate surface area is 117 Å². The highest BCUT2D eigenvalue weighted by Gasteiger charge is 2.18. The van der Waals surface area contributed by atoms with E-state index < -0.39 is 12.1 Å². The van der Waals surface area contributed by atoms with Crippen LogP contribution in [-0.2, 0) is 14.3 Å². The summed E-state index contributed by atoms with van der Waals surface area (Å²) in [6, 6.07) is 4.51. The van der Waals surface area contributed by atoms with E-state index in [2.05, 4.69) is 10.1 Å². The summed E-state index contributed by atoms with van der Waals surface area (Å²) in [5, 5.41) is 2.58. The van der Waals surface area contributed by atoms with Gasteiger partial charge in [-0.1, -0.05) is 0 Å². The zero-order valence-electron chi connectivity index (χ0n) is 11.9. The fourth-order valence-electron chi connectivity index (χ4n) is 1.45. The molecule has 0 spiro atoms. The fraction of sp³-hybridized carbons (Fsp3) is 0.357. The largest absolute Gasteiger partial charge is 0.482 e. The fourth-order valence-corrected chi connectivity index (χ4v) is 1.45. The molecule has 0 saturated carbocycles. The van der Waals surface area contributed by atoms with Crippen molar-refractivity contribution in [2.24, 2.45) is 0 Å². The Morgan fingerprint density at radius 3 is 2.35 bits per heavy atom. The molecule has 0 saturated heterocycles. The number of amides is 1. The third-order valence-electron chi connectivity index (χ3n) is 2.58. The number of ketones is 1. The second kappa shape index (κ2) is 6.70. The molecule has 1 amide bonds. The number of carbonyl (C=O) groups is 3. The Bertz CT molecular complexity index is 538. The van der Waals surface area contributed by atoms with Crippen LogP contribution in [0.5, 0.6) is 5.75 Å². The van der Waals surface area contributed by atoms with Crippen LogP contribution >= 0.6 is 0 Å². The van der Waals surface area contributed by atoms with Gasteiger partial charge in [0.25, 0.3) is 0 Å². The van der Waals surface area contributed by atoms with Crippen molar-refractivity contribution >= 4 is 23.3 Å². The summed E-state index contributed by atoms with van der Waals surface area (Å²) in [5.74, 6) is -0.817. The lowest BCUT2D eigenvalue weighted by Crippen LogP contribution is -2.22. The van der Waals surface area contributed by atoms with Gasteiger partial charge in [-0.25, -0.2) is 4.79 Å². The van der Waals surface area contributed by atoms with E-state index >= 15 is 0 Å². The van der Waals surface area contributed by atoms with Crippen LogP contribution in [-0.4, -0.2) is 30.9 Å². The van der Waals surface area contributed by atoms with E-state index in [1.165, 1.54) is 33.1 Å². The number of esters is 1. The highest BCUT2D eigenvalue weighted by Crippen LogP contribution is 2.25. The lowest BCUT2D eigenvalue weighted by molar-refractivity contribution is -0.123. The van der Waals surface area contributed by atoms with Crippen LogP contribution < -0.4 is 10.1 Å². The van der Waals surface area contributed by atoms with Gasteiger partial charge in [-0.2, -0.15) is 0 Å². The van der Waals surface area contributed by atoms with Crippen molar-refractivity contribution in [2.75, 3.05) is 12.4 Å². The summed E-state index contributed by atoms with van der Waals surface area (Å²) in [7, 11) is 1.25. The smallest absolute Gasteiger partial charge is 0.341 e. The van der Waals surface area contributed by atoms with Crippen molar-refractivity contribution in [3.05, 3.63) is 23.8 Å². The first-order valence-corrected chi connectivity index (χ1v) is 6.02. The summed E-state index contributed by atoms with van der Waals surface area (Å²) in [5.41, 5.74) is 0.658. The minimum Gasteiger partial charge on any atom is -0.482 e. The summed E-state index contributed by atoms with van der Waals surface area (Å²) in [6.07, 6.45) is -0.703.